The molecule has 0 atom stereocenters. The number of anilines is 1. The maximum absolute atomic E-state index is 13.4. The predicted octanol–water partition coefficient (Wildman–Crippen LogP) is 0.409. The van der Waals surface area contributed by atoms with Gasteiger partial charge in [-0.2, -0.15) is 0 Å². The smallest absolute Gasteiger partial charge is 0.237 e. The molecule has 0 radical (unpaired) electrons. The van der Waals surface area contributed by atoms with Crippen LogP contribution in [-0.2, 0) is 14.6 Å². The van der Waals surface area contributed by atoms with Crippen molar-refractivity contribution in [2.24, 2.45) is 0 Å². The molecular weight excluding hydrogens is 266 g/mol. The highest BCUT2D eigenvalue weighted by molar-refractivity contribution is 7.92. The summed E-state index contributed by atoms with van der Waals surface area (Å²) in [5.74, 6) is -4.39. The lowest BCUT2D eigenvalue weighted by Crippen LogP contribution is -2.30. The first-order chi connectivity index (χ1) is 8.15. The van der Waals surface area contributed by atoms with Gasteiger partial charge in [-0.25, -0.2) is 17.2 Å². The van der Waals surface area contributed by atoms with Crippen molar-refractivity contribution in [3.05, 3.63) is 23.8 Å². The monoisotopic (exact) mass is 278 g/mol. The second-order valence-corrected chi connectivity index (χ2v) is 5.79. The van der Waals surface area contributed by atoms with Crippen LogP contribution in [0.5, 0.6) is 0 Å². The van der Waals surface area contributed by atoms with E-state index in [9.17, 15) is 22.0 Å². The fourth-order valence-corrected chi connectivity index (χ4v) is 2.68. The summed E-state index contributed by atoms with van der Waals surface area (Å²) in [4.78, 5) is 11.2. The Kier molecular flexibility index (Phi) is 3.90. The van der Waals surface area contributed by atoms with Crippen LogP contribution < -0.4 is 5.73 Å². The van der Waals surface area contributed by atoms with Gasteiger partial charge < -0.3 is 10.6 Å². The van der Waals surface area contributed by atoms with Gasteiger partial charge in [0.25, 0.3) is 0 Å². The number of nitrogen functional groups attached to an aromatic ring is 1. The van der Waals surface area contributed by atoms with Crippen molar-refractivity contribution >= 4 is 21.4 Å². The van der Waals surface area contributed by atoms with E-state index in [0.717, 1.165) is 4.90 Å². The van der Waals surface area contributed by atoms with Crippen molar-refractivity contribution in [1.82, 2.24) is 4.90 Å². The van der Waals surface area contributed by atoms with Gasteiger partial charge in [-0.15, -0.1) is 0 Å². The van der Waals surface area contributed by atoms with Gasteiger partial charge in [-0.05, 0) is 12.1 Å². The lowest BCUT2D eigenvalue weighted by molar-refractivity contribution is -0.125. The van der Waals surface area contributed by atoms with E-state index in [2.05, 4.69) is 0 Å². The first-order valence-corrected chi connectivity index (χ1v) is 6.48. The molecule has 1 aromatic rings. The first kappa shape index (κ1) is 14.4. The quantitative estimate of drug-likeness (QED) is 0.812. The largest absolute Gasteiger partial charge is 0.399 e. The van der Waals surface area contributed by atoms with E-state index in [1.807, 2.05) is 0 Å². The summed E-state index contributed by atoms with van der Waals surface area (Å²) in [6.45, 7) is 0. The van der Waals surface area contributed by atoms with Gasteiger partial charge in [-0.3, -0.25) is 4.79 Å². The summed E-state index contributed by atoms with van der Waals surface area (Å²) in [5.41, 5.74) is 4.94. The molecule has 0 spiro atoms. The summed E-state index contributed by atoms with van der Waals surface area (Å²) in [7, 11) is -1.70. The van der Waals surface area contributed by atoms with Crippen molar-refractivity contribution < 1.29 is 22.0 Å². The summed E-state index contributed by atoms with van der Waals surface area (Å²) in [5, 5.41) is 0. The number of benzene rings is 1. The Morgan fingerprint density at radius 2 is 1.72 bits per heavy atom. The number of carbonyl (C=O) groups is 1. The van der Waals surface area contributed by atoms with Crippen LogP contribution in [-0.4, -0.2) is 39.1 Å². The predicted molar refractivity (Wildman–Crippen MR) is 61.5 cm³/mol. The van der Waals surface area contributed by atoms with Gasteiger partial charge in [0.15, 0.2) is 9.84 Å². The zero-order valence-electron chi connectivity index (χ0n) is 9.78. The van der Waals surface area contributed by atoms with Crippen molar-refractivity contribution in [3.63, 3.8) is 0 Å². The summed E-state index contributed by atoms with van der Waals surface area (Å²) < 4.78 is 50.3. The van der Waals surface area contributed by atoms with Crippen LogP contribution in [0.4, 0.5) is 14.5 Å². The number of hydrogen-bond donors (Lipinski definition) is 1. The Hall–Kier alpha value is -1.70. The molecule has 1 aromatic carbocycles. The molecule has 5 nitrogen and oxygen atoms in total. The van der Waals surface area contributed by atoms with E-state index < -0.39 is 38.0 Å². The minimum Gasteiger partial charge on any atom is -0.399 e. The van der Waals surface area contributed by atoms with Gasteiger partial charge in [0.05, 0.1) is 0 Å². The molecule has 100 valence electrons. The number of nitrogens with zero attached hydrogens (tertiary/aromatic N) is 1. The molecule has 0 fully saturated rings. The second-order valence-electron chi connectivity index (χ2n) is 3.86. The highest BCUT2D eigenvalue weighted by Gasteiger charge is 2.27. The fraction of sp³-hybridized carbons (Fsp3) is 0.300. The zero-order valence-corrected chi connectivity index (χ0v) is 10.6. The van der Waals surface area contributed by atoms with Gasteiger partial charge in [0.1, 0.15) is 22.3 Å². The van der Waals surface area contributed by atoms with Gasteiger partial charge in [-0.1, -0.05) is 0 Å². The third kappa shape index (κ3) is 2.95. The minimum absolute atomic E-state index is 0.233. The van der Waals surface area contributed by atoms with Crippen LogP contribution in [0.2, 0.25) is 0 Å². The zero-order chi connectivity index (χ0) is 14.1. The molecule has 18 heavy (non-hydrogen) atoms. The van der Waals surface area contributed by atoms with Crippen LogP contribution in [0.15, 0.2) is 17.0 Å². The fourth-order valence-electron chi connectivity index (χ4n) is 1.24. The number of amides is 1. The normalized spacial score (nSPS) is 11.3. The summed E-state index contributed by atoms with van der Waals surface area (Å²) in [6, 6.07) is 1.38. The molecule has 0 heterocycles. The van der Waals surface area contributed by atoms with Crippen LogP contribution in [0.25, 0.3) is 0 Å². The van der Waals surface area contributed by atoms with E-state index in [4.69, 9.17) is 5.73 Å². The van der Waals surface area contributed by atoms with Crippen molar-refractivity contribution in [2.75, 3.05) is 25.6 Å². The molecule has 0 saturated carbocycles. The van der Waals surface area contributed by atoms with Gasteiger partial charge in [0.2, 0.25) is 5.91 Å². The molecule has 0 saturated heterocycles. The second kappa shape index (κ2) is 4.89. The number of sulfone groups is 1. The maximum atomic E-state index is 13.4. The highest BCUT2D eigenvalue weighted by atomic mass is 32.2. The Bertz CT molecular complexity index is 562. The van der Waals surface area contributed by atoms with Crippen molar-refractivity contribution in [2.45, 2.75) is 4.90 Å². The number of rotatable bonds is 3. The van der Waals surface area contributed by atoms with E-state index >= 15 is 0 Å². The molecule has 1 rings (SSSR count). The SMILES string of the molecule is CN(C)C(=O)CS(=O)(=O)c1c(F)cc(N)cc1F. The highest BCUT2D eigenvalue weighted by Crippen LogP contribution is 2.22. The van der Waals surface area contributed by atoms with E-state index in [0.29, 0.717) is 12.1 Å². The lowest BCUT2D eigenvalue weighted by Gasteiger charge is -2.11. The molecular formula is C10H12F2N2O3S. The van der Waals surface area contributed by atoms with Crippen LogP contribution in [0.3, 0.4) is 0 Å². The van der Waals surface area contributed by atoms with Crippen LogP contribution in [0, 0.1) is 11.6 Å². The van der Waals surface area contributed by atoms with Crippen molar-refractivity contribution in [1.29, 1.82) is 0 Å². The number of hydrogen-bond acceptors (Lipinski definition) is 4. The van der Waals surface area contributed by atoms with Crippen molar-refractivity contribution in [3.8, 4) is 0 Å². The average molecular weight is 278 g/mol. The Balaban J connectivity index is 3.26. The summed E-state index contributed by atoms with van der Waals surface area (Å²) in [6.07, 6.45) is 0. The van der Waals surface area contributed by atoms with Gasteiger partial charge in [0, 0.05) is 19.8 Å². The van der Waals surface area contributed by atoms with E-state index in [1.165, 1.54) is 14.1 Å². The van der Waals surface area contributed by atoms with Crippen LogP contribution >= 0.6 is 0 Å². The molecule has 0 aliphatic rings. The van der Waals surface area contributed by atoms with E-state index in [-0.39, 0.29) is 5.69 Å². The molecule has 1 amide bonds. The molecule has 0 aliphatic carbocycles. The topological polar surface area (TPSA) is 80.5 Å². The Morgan fingerprint density at radius 1 is 1.28 bits per heavy atom. The lowest BCUT2D eigenvalue weighted by atomic mass is 10.3. The molecule has 0 bridgehead atoms. The first-order valence-electron chi connectivity index (χ1n) is 4.82. The maximum Gasteiger partial charge on any atom is 0.237 e. The molecule has 0 unspecified atom stereocenters. The summed E-state index contributed by atoms with van der Waals surface area (Å²) >= 11 is 0. The average Bonchev–Trinajstić information content (AvgIpc) is 2.13. The van der Waals surface area contributed by atoms with Crippen LogP contribution in [0.1, 0.15) is 0 Å². The third-order valence-corrected chi connectivity index (χ3v) is 3.78. The minimum atomic E-state index is -4.38. The molecule has 8 heteroatoms. The number of carbonyl (C=O) groups excluding carboxylic acids is 1. The van der Waals surface area contributed by atoms with E-state index in [1.54, 1.807) is 0 Å². The molecule has 0 aromatic heterocycles. The Labute approximate surface area is 103 Å². The Morgan fingerprint density at radius 3 is 2.11 bits per heavy atom. The molecule has 0 aliphatic heterocycles. The van der Waals surface area contributed by atoms with Gasteiger partial charge >= 0.3 is 0 Å². The number of nitrogens with two attached hydrogens (primary N) is 1. The third-order valence-electron chi connectivity index (χ3n) is 2.14. The molecule has 2 N–H and O–H groups in total. The number of halogens is 2. The standard InChI is InChI=1S/C10H12F2N2O3S/c1-14(2)9(15)5-18(16,17)10-7(11)3-6(13)4-8(10)12/h3-4H,5,13H2,1-2H3.